The van der Waals surface area contributed by atoms with Crippen LogP contribution >= 0.6 is 0 Å². The summed E-state index contributed by atoms with van der Waals surface area (Å²) in [5, 5.41) is 15.3. The summed E-state index contributed by atoms with van der Waals surface area (Å²) in [6, 6.07) is 6.77. The quantitative estimate of drug-likeness (QED) is 0.855. The molecule has 0 radical (unpaired) electrons. The van der Waals surface area contributed by atoms with Crippen LogP contribution in [0, 0.1) is 24.1 Å². The average molecular weight is 369 g/mol. The van der Waals surface area contributed by atoms with Crippen LogP contribution in [0.15, 0.2) is 24.5 Å². The van der Waals surface area contributed by atoms with Gasteiger partial charge in [0.25, 0.3) is 0 Å². The molecule has 2 N–H and O–H groups in total. The number of nitrogens with one attached hydrogen (secondary N) is 2. The maximum Gasteiger partial charge on any atom is 0.221 e. The summed E-state index contributed by atoms with van der Waals surface area (Å²) in [4.78, 5) is 8.46. The van der Waals surface area contributed by atoms with Crippen molar-refractivity contribution in [1.29, 1.82) is 5.26 Å². The molecule has 8 heteroatoms. The third kappa shape index (κ3) is 3.84. The van der Waals surface area contributed by atoms with Gasteiger partial charge in [-0.2, -0.15) is 5.26 Å². The molecule has 0 saturated carbocycles. The molecule has 140 valence electrons. The van der Waals surface area contributed by atoms with E-state index in [1.807, 2.05) is 13.0 Å². The standard InChI is InChI=1S/C19H20FN5O2/c1-11-18(25-17-3-2-12(7-21)4-16(17)20)22-10-23-19(11)27-15-5-13-8-26-9-14(6-15)24-13/h2-4,10,13-15,24H,5-6,8-9H2,1H3,(H,22,23,25). The fraction of sp³-hybridized carbons (Fsp3) is 0.421. The monoisotopic (exact) mass is 369 g/mol. The van der Waals surface area contributed by atoms with Gasteiger partial charge in [-0.15, -0.1) is 0 Å². The zero-order valence-corrected chi connectivity index (χ0v) is 14.9. The lowest BCUT2D eigenvalue weighted by Crippen LogP contribution is -2.56. The van der Waals surface area contributed by atoms with Crippen molar-refractivity contribution in [1.82, 2.24) is 15.3 Å². The Bertz CT molecular complexity index is 873. The third-order valence-corrected chi connectivity index (χ3v) is 4.87. The number of nitriles is 1. The molecule has 2 bridgehead atoms. The second kappa shape index (κ2) is 7.47. The van der Waals surface area contributed by atoms with E-state index in [4.69, 9.17) is 14.7 Å². The van der Waals surface area contributed by atoms with Crippen LogP contribution in [0.5, 0.6) is 5.88 Å². The van der Waals surface area contributed by atoms with Crippen LogP contribution in [0.2, 0.25) is 0 Å². The molecule has 0 spiro atoms. The highest BCUT2D eigenvalue weighted by atomic mass is 19.1. The number of piperidine rings is 1. The first-order valence-electron chi connectivity index (χ1n) is 8.91. The first-order chi connectivity index (χ1) is 13.1. The van der Waals surface area contributed by atoms with Crippen molar-refractivity contribution < 1.29 is 13.9 Å². The minimum Gasteiger partial charge on any atom is -0.474 e. The van der Waals surface area contributed by atoms with Crippen LogP contribution in [0.1, 0.15) is 24.0 Å². The number of halogens is 1. The predicted octanol–water partition coefficient (Wildman–Crippen LogP) is 2.44. The topological polar surface area (TPSA) is 92.1 Å². The summed E-state index contributed by atoms with van der Waals surface area (Å²) in [6.45, 7) is 3.23. The fourth-order valence-corrected chi connectivity index (χ4v) is 3.53. The zero-order valence-electron chi connectivity index (χ0n) is 14.9. The number of morpholine rings is 1. The van der Waals surface area contributed by atoms with Crippen molar-refractivity contribution in [3.63, 3.8) is 0 Å². The normalized spacial score (nSPS) is 24.1. The van der Waals surface area contributed by atoms with Gasteiger partial charge >= 0.3 is 0 Å². The summed E-state index contributed by atoms with van der Waals surface area (Å²) in [6.07, 6.45) is 3.16. The molecule has 2 aromatic rings. The van der Waals surface area contributed by atoms with Crippen molar-refractivity contribution in [3.8, 4) is 11.9 Å². The lowest BCUT2D eigenvalue weighted by atomic mass is 9.95. The molecule has 3 heterocycles. The van der Waals surface area contributed by atoms with Gasteiger partial charge < -0.3 is 20.1 Å². The molecular weight excluding hydrogens is 349 g/mol. The molecule has 27 heavy (non-hydrogen) atoms. The first kappa shape index (κ1) is 17.6. The maximum atomic E-state index is 14.2. The van der Waals surface area contributed by atoms with Crippen LogP contribution in [0.3, 0.4) is 0 Å². The number of aromatic nitrogens is 2. The lowest BCUT2D eigenvalue weighted by molar-refractivity contribution is -0.0134. The number of nitrogens with zero attached hydrogens (tertiary/aromatic N) is 3. The third-order valence-electron chi connectivity index (χ3n) is 4.87. The summed E-state index contributed by atoms with van der Waals surface area (Å²) in [5.74, 6) is 0.453. The van der Waals surface area contributed by atoms with E-state index in [0.717, 1.165) is 12.8 Å². The van der Waals surface area contributed by atoms with Gasteiger partial charge in [0.2, 0.25) is 5.88 Å². The van der Waals surface area contributed by atoms with Crippen LogP contribution in [0.25, 0.3) is 0 Å². The highest BCUT2D eigenvalue weighted by Gasteiger charge is 2.33. The highest BCUT2D eigenvalue weighted by Crippen LogP contribution is 2.29. The minimum absolute atomic E-state index is 0.0539. The summed E-state index contributed by atoms with van der Waals surface area (Å²) < 4.78 is 25.9. The number of hydrogen-bond donors (Lipinski definition) is 2. The fourth-order valence-electron chi connectivity index (χ4n) is 3.53. The van der Waals surface area contributed by atoms with Gasteiger partial charge in [0.15, 0.2) is 0 Å². The van der Waals surface area contributed by atoms with Crippen molar-refractivity contribution >= 4 is 11.5 Å². The number of rotatable bonds is 4. The Kier molecular flexibility index (Phi) is 4.88. The lowest BCUT2D eigenvalue weighted by Gasteiger charge is -2.39. The second-order valence-corrected chi connectivity index (χ2v) is 6.89. The molecule has 2 aliphatic heterocycles. The Morgan fingerprint density at radius 3 is 2.78 bits per heavy atom. The Morgan fingerprint density at radius 2 is 2.07 bits per heavy atom. The van der Waals surface area contributed by atoms with E-state index in [1.165, 1.54) is 18.5 Å². The van der Waals surface area contributed by atoms with Crippen LogP contribution in [-0.2, 0) is 4.74 Å². The van der Waals surface area contributed by atoms with E-state index in [1.54, 1.807) is 6.07 Å². The Labute approximate surface area is 156 Å². The molecule has 2 atom stereocenters. The van der Waals surface area contributed by atoms with Crippen LogP contribution < -0.4 is 15.4 Å². The maximum absolute atomic E-state index is 14.2. The first-order valence-corrected chi connectivity index (χ1v) is 8.91. The largest absolute Gasteiger partial charge is 0.474 e. The zero-order chi connectivity index (χ0) is 18.8. The molecule has 7 nitrogen and oxygen atoms in total. The molecule has 0 aliphatic carbocycles. The van der Waals surface area contributed by atoms with Crippen LogP contribution in [-0.4, -0.2) is 41.4 Å². The predicted molar refractivity (Wildman–Crippen MR) is 96.3 cm³/mol. The van der Waals surface area contributed by atoms with E-state index in [2.05, 4.69) is 20.6 Å². The van der Waals surface area contributed by atoms with Crippen LogP contribution in [0.4, 0.5) is 15.9 Å². The summed E-state index contributed by atoms with van der Waals surface area (Å²) in [5.41, 5.74) is 1.22. The van der Waals surface area contributed by atoms with Gasteiger partial charge in [-0.3, -0.25) is 0 Å². The molecule has 2 aliphatic rings. The molecule has 2 saturated heterocycles. The van der Waals surface area contributed by atoms with Gasteiger partial charge in [0.1, 0.15) is 24.1 Å². The van der Waals surface area contributed by atoms with Gasteiger partial charge in [0.05, 0.1) is 36.1 Å². The highest BCUT2D eigenvalue weighted by molar-refractivity contribution is 5.62. The molecule has 2 unspecified atom stereocenters. The van der Waals surface area contributed by atoms with Crippen molar-refractivity contribution in [2.75, 3.05) is 18.5 Å². The van der Waals surface area contributed by atoms with Crippen molar-refractivity contribution in [2.45, 2.75) is 38.0 Å². The van der Waals surface area contributed by atoms with E-state index in [-0.39, 0.29) is 17.4 Å². The van der Waals surface area contributed by atoms with Gasteiger partial charge in [0, 0.05) is 24.9 Å². The minimum atomic E-state index is -0.513. The van der Waals surface area contributed by atoms with E-state index < -0.39 is 5.82 Å². The number of ether oxygens (including phenoxy) is 2. The molecular formula is C19H20FN5O2. The average Bonchev–Trinajstić information content (AvgIpc) is 2.66. The van der Waals surface area contributed by atoms with Crippen molar-refractivity contribution in [3.05, 3.63) is 41.5 Å². The molecule has 2 fully saturated rings. The van der Waals surface area contributed by atoms with E-state index in [0.29, 0.717) is 42.6 Å². The second-order valence-electron chi connectivity index (χ2n) is 6.89. The Morgan fingerprint density at radius 1 is 1.30 bits per heavy atom. The van der Waals surface area contributed by atoms with E-state index >= 15 is 0 Å². The Hall–Kier alpha value is -2.76. The molecule has 0 amide bonds. The molecule has 1 aromatic heterocycles. The summed E-state index contributed by atoms with van der Waals surface area (Å²) in [7, 11) is 0. The van der Waals surface area contributed by atoms with Gasteiger partial charge in [-0.1, -0.05) is 0 Å². The van der Waals surface area contributed by atoms with Crippen molar-refractivity contribution in [2.24, 2.45) is 0 Å². The SMILES string of the molecule is Cc1c(Nc2ccc(C#N)cc2F)ncnc1OC1CC2COCC(C1)N2. The van der Waals surface area contributed by atoms with Gasteiger partial charge in [-0.05, 0) is 25.1 Å². The smallest absolute Gasteiger partial charge is 0.221 e. The number of benzene rings is 1. The molecule has 1 aromatic carbocycles. The number of anilines is 2. The molecule has 4 rings (SSSR count). The Balaban J connectivity index is 1.50. The number of hydrogen-bond acceptors (Lipinski definition) is 7. The number of fused-ring (bicyclic) bond motifs is 2. The van der Waals surface area contributed by atoms with E-state index in [9.17, 15) is 4.39 Å². The van der Waals surface area contributed by atoms with Gasteiger partial charge in [-0.25, -0.2) is 14.4 Å². The summed E-state index contributed by atoms with van der Waals surface area (Å²) >= 11 is 0.